The highest BCUT2D eigenvalue weighted by molar-refractivity contribution is 6.31. The molecule has 0 radical (unpaired) electrons. The standard InChI is InChI=1S/C21H17N3O3/c1-23-20(26)17(19(25)22-21(23)27)11-15-13-24(12-14-7-3-2-4-8-14)18-10-6-5-9-16(15)18/h2-11,13H,12H2,1H3,(H,22,25,27)/b17-11-. The number of carbonyl (C=O) groups is 3. The minimum Gasteiger partial charge on any atom is -0.342 e. The van der Waals surface area contributed by atoms with Crippen molar-refractivity contribution in [1.29, 1.82) is 0 Å². The summed E-state index contributed by atoms with van der Waals surface area (Å²) >= 11 is 0. The van der Waals surface area contributed by atoms with Gasteiger partial charge < -0.3 is 4.57 Å². The van der Waals surface area contributed by atoms with Gasteiger partial charge in [-0.15, -0.1) is 0 Å². The number of nitrogens with zero attached hydrogens (tertiary/aromatic N) is 2. The van der Waals surface area contributed by atoms with Crippen molar-refractivity contribution in [3.8, 4) is 0 Å². The van der Waals surface area contributed by atoms with E-state index in [1.807, 2.05) is 60.8 Å². The molecule has 6 heteroatoms. The molecule has 6 nitrogen and oxygen atoms in total. The summed E-state index contributed by atoms with van der Waals surface area (Å²) in [5, 5.41) is 3.11. The zero-order chi connectivity index (χ0) is 19.0. The third kappa shape index (κ3) is 3.01. The van der Waals surface area contributed by atoms with Gasteiger partial charge in [0.2, 0.25) is 0 Å². The zero-order valence-electron chi connectivity index (χ0n) is 14.7. The first-order valence-corrected chi connectivity index (χ1v) is 8.51. The van der Waals surface area contributed by atoms with E-state index in [1.165, 1.54) is 7.05 Å². The van der Waals surface area contributed by atoms with Crippen LogP contribution in [-0.2, 0) is 16.1 Å². The van der Waals surface area contributed by atoms with Crippen LogP contribution in [0.4, 0.5) is 4.79 Å². The van der Waals surface area contributed by atoms with E-state index in [9.17, 15) is 14.4 Å². The topological polar surface area (TPSA) is 71.4 Å². The molecular weight excluding hydrogens is 342 g/mol. The second-order valence-electron chi connectivity index (χ2n) is 6.40. The van der Waals surface area contributed by atoms with Gasteiger partial charge in [-0.1, -0.05) is 48.5 Å². The number of likely N-dealkylation sites (N-methyl/N-ethyl adjacent to an activating group) is 1. The van der Waals surface area contributed by atoms with Gasteiger partial charge in [0.1, 0.15) is 5.57 Å². The lowest BCUT2D eigenvalue weighted by Gasteiger charge is -2.22. The van der Waals surface area contributed by atoms with Crippen molar-refractivity contribution in [2.45, 2.75) is 6.54 Å². The Labute approximate surface area is 155 Å². The SMILES string of the molecule is CN1C(=O)NC(=O)/C(=C/c2cn(Cc3ccccc3)c3ccccc23)C1=O. The molecule has 2 heterocycles. The molecule has 27 heavy (non-hydrogen) atoms. The number of aromatic nitrogens is 1. The predicted octanol–water partition coefficient (Wildman–Crippen LogP) is 2.78. The van der Waals surface area contributed by atoms with E-state index in [2.05, 4.69) is 9.88 Å². The van der Waals surface area contributed by atoms with Crippen molar-refractivity contribution in [2.24, 2.45) is 0 Å². The van der Waals surface area contributed by atoms with E-state index in [0.29, 0.717) is 6.54 Å². The largest absolute Gasteiger partial charge is 0.342 e. The number of imide groups is 2. The van der Waals surface area contributed by atoms with Gasteiger partial charge in [-0.05, 0) is 17.7 Å². The monoisotopic (exact) mass is 359 g/mol. The van der Waals surface area contributed by atoms with Gasteiger partial charge in [0.15, 0.2) is 0 Å². The van der Waals surface area contributed by atoms with Crippen LogP contribution in [0.3, 0.4) is 0 Å². The Morgan fingerprint density at radius 1 is 0.963 bits per heavy atom. The van der Waals surface area contributed by atoms with Crippen LogP contribution >= 0.6 is 0 Å². The second kappa shape index (κ2) is 6.57. The van der Waals surface area contributed by atoms with Crippen molar-refractivity contribution in [1.82, 2.24) is 14.8 Å². The number of rotatable bonds is 3. The lowest BCUT2D eigenvalue weighted by molar-refractivity contribution is -0.129. The molecule has 0 unspecified atom stereocenters. The quantitative estimate of drug-likeness (QED) is 0.577. The van der Waals surface area contributed by atoms with E-state index in [4.69, 9.17) is 0 Å². The molecule has 1 saturated heterocycles. The molecule has 1 fully saturated rings. The number of benzene rings is 2. The first-order chi connectivity index (χ1) is 13.0. The maximum absolute atomic E-state index is 12.4. The Morgan fingerprint density at radius 2 is 1.67 bits per heavy atom. The number of amides is 4. The number of barbiturate groups is 1. The van der Waals surface area contributed by atoms with E-state index < -0.39 is 17.8 Å². The van der Waals surface area contributed by atoms with Gasteiger partial charge in [-0.2, -0.15) is 0 Å². The first-order valence-electron chi connectivity index (χ1n) is 8.51. The Hall–Kier alpha value is -3.67. The number of para-hydroxylation sites is 1. The van der Waals surface area contributed by atoms with Crippen LogP contribution in [0.25, 0.3) is 17.0 Å². The number of fused-ring (bicyclic) bond motifs is 1. The molecule has 0 saturated carbocycles. The summed E-state index contributed by atoms with van der Waals surface area (Å²) in [5.41, 5.74) is 2.85. The van der Waals surface area contributed by atoms with Crippen molar-refractivity contribution in [2.75, 3.05) is 7.05 Å². The third-order valence-corrected chi connectivity index (χ3v) is 4.62. The molecule has 4 rings (SSSR count). The average Bonchev–Trinajstić information content (AvgIpc) is 3.02. The van der Waals surface area contributed by atoms with Crippen LogP contribution in [0, 0.1) is 0 Å². The maximum atomic E-state index is 12.4. The van der Waals surface area contributed by atoms with Crippen molar-refractivity contribution in [3.05, 3.63) is 77.5 Å². The smallest absolute Gasteiger partial charge is 0.331 e. The number of hydrogen-bond acceptors (Lipinski definition) is 3. The lowest BCUT2D eigenvalue weighted by atomic mass is 10.1. The molecule has 4 amide bonds. The molecule has 1 aromatic heterocycles. The fraction of sp³-hybridized carbons (Fsp3) is 0.0952. The number of carbonyl (C=O) groups excluding carboxylic acids is 3. The van der Waals surface area contributed by atoms with Crippen molar-refractivity contribution in [3.63, 3.8) is 0 Å². The summed E-state index contributed by atoms with van der Waals surface area (Å²) in [6.45, 7) is 0.670. The Bertz CT molecular complexity index is 1100. The molecule has 134 valence electrons. The van der Waals surface area contributed by atoms with Gasteiger partial charge in [0.05, 0.1) is 0 Å². The molecule has 0 atom stereocenters. The highest BCUT2D eigenvalue weighted by atomic mass is 16.2. The zero-order valence-corrected chi connectivity index (χ0v) is 14.7. The minimum atomic E-state index is -0.714. The molecule has 1 aliphatic heterocycles. The van der Waals surface area contributed by atoms with Crippen LogP contribution in [0.1, 0.15) is 11.1 Å². The van der Waals surface area contributed by atoms with E-state index >= 15 is 0 Å². The molecule has 1 N–H and O–H groups in total. The summed E-state index contributed by atoms with van der Waals surface area (Å²) < 4.78 is 2.08. The van der Waals surface area contributed by atoms with Crippen LogP contribution in [0.15, 0.2) is 66.4 Å². The third-order valence-electron chi connectivity index (χ3n) is 4.62. The summed E-state index contributed by atoms with van der Waals surface area (Å²) in [6.07, 6.45) is 3.46. The lowest BCUT2D eigenvalue weighted by Crippen LogP contribution is -2.52. The summed E-state index contributed by atoms with van der Waals surface area (Å²) in [4.78, 5) is 37.0. The first kappa shape index (κ1) is 16.8. The Kier molecular flexibility index (Phi) is 4.08. The second-order valence-corrected chi connectivity index (χ2v) is 6.40. The number of nitrogens with one attached hydrogen (secondary N) is 1. The van der Waals surface area contributed by atoms with Gasteiger partial charge >= 0.3 is 6.03 Å². The van der Waals surface area contributed by atoms with E-state index in [0.717, 1.165) is 26.9 Å². The van der Waals surface area contributed by atoms with Crippen LogP contribution in [0.5, 0.6) is 0 Å². The molecule has 0 aliphatic carbocycles. The highest BCUT2D eigenvalue weighted by Crippen LogP contribution is 2.25. The summed E-state index contributed by atoms with van der Waals surface area (Å²) in [6, 6.07) is 17.1. The fourth-order valence-electron chi connectivity index (χ4n) is 3.20. The number of hydrogen-bond donors (Lipinski definition) is 1. The van der Waals surface area contributed by atoms with E-state index in [1.54, 1.807) is 6.08 Å². The van der Waals surface area contributed by atoms with Gasteiger partial charge in [-0.3, -0.25) is 19.8 Å². The van der Waals surface area contributed by atoms with Crippen LogP contribution < -0.4 is 5.32 Å². The van der Waals surface area contributed by atoms with Gasteiger partial charge in [0, 0.05) is 36.3 Å². The number of urea groups is 1. The predicted molar refractivity (Wildman–Crippen MR) is 102 cm³/mol. The molecular formula is C21H17N3O3. The van der Waals surface area contributed by atoms with Crippen LogP contribution in [-0.4, -0.2) is 34.4 Å². The maximum Gasteiger partial charge on any atom is 0.331 e. The average molecular weight is 359 g/mol. The normalized spacial score (nSPS) is 16.3. The minimum absolute atomic E-state index is 0.0558. The van der Waals surface area contributed by atoms with Crippen molar-refractivity contribution >= 4 is 34.8 Å². The molecule has 2 aromatic carbocycles. The fourth-order valence-corrected chi connectivity index (χ4v) is 3.20. The van der Waals surface area contributed by atoms with Gasteiger partial charge in [0.25, 0.3) is 11.8 Å². The molecule has 0 spiro atoms. The Morgan fingerprint density at radius 3 is 2.44 bits per heavy atom. The summed E-state index contributed by atoms with van der Waals surface area (Å²) in [7, 11) is 1.34. The molecule has 0 bridgehead atoms. The van der Waals surface area contributed by atoms with Gasteiger partial charge in [-0.25, -0.2) is 4.79 Å². The highest BCUT2D eigenvalue weighted by Gasteiger charge is 2.33. The van der Waals surface area contributed by atoms with Crippen molar-refractivity contribution < 1.29 is 14.4 Å². The van der Waals surface area contributed by atoms with E-state index in [-0.39, 0.29) is 5.57 Å². The Balaban J connectivity index is 1.80. The summed E-state index contributed by atoms with van der Waals surface area (Å²) in [5.74, 6) is -1.29. The molecule has 1 aliphatic rings. The van der Waals surface area contributed by atoms with Crippen LogP contribution in [0.2, 0.25) is 0 Å². The molecule has 3 aromatic rings.